The van der Waals surface area contributed by atoms with Crippen molar-refractivity contribution in [3.8, 4) is 11.4 Å². The quantitative estimate of drug-likeness (QED) is 0.700. The SMILES string of the molecule is Cc1ccc(S(=O)(=O)NC(=O)NCc2nc(-c3ccccn3)cs2)cc1. The zero-order chi connectivity index (χ0) is 18.6. The number of rotatable bonds is 5. The van der Waals surface area contributed by atoms with Crippen LogP contribution in [0.1, 0.15) is 10.6 Å². The number of aryl methyl sites for hydroxylation is 1. The molecule has 0 aliphatic heterocycles. The Labute approximate surface area is 155 Å². The Balaban J connectivity index is 1.59. The molecule has 1 aromatic carbocycles. The number of urea groups is 1. The summed E-state index contributed by atoms with van der Waals surface area (Å²) in [4.78, 5) is 20.5. The minimum atomic E-state index is -3.91. The minimum absolute atomic E-state index is 0.0323. The number of nitrogens with one attached hydrogen (secondary N) is 2. The summed E-state index contributed by atoms with van der Waals surface area (Å²) < 4.78 is 26.3. The van der Waals surface area contributed by atoms with Gasteiger partial charge in [0.25, 0.3) is 10.0 Å². The van der Waals surface area contributed by atoms with Crippen molar-refractivity contribution in [3.63, 3.8) is 0 Å². The molecule has 0 fully saturated rings. The zero-order valence-corrected chi connectivity index (χ0v) is 15.5. The maximum atomic E-state index is 12.2. The van der Waals surface area contributed by atoms with E-state index >= 15 is 0 Å². The van der Waals surface area contributed by atoms with E-state index in [-0.39, 0.29) is 11.4 Å². The van der Waals surface area contributed by atoms with Crippen molar-refractivity contribution in [2.75, 3.05) is 0 Å². The molecular weight excluding hydrogens is 372 g/mol. The Morgan fingerprint density at radius 2 is 1.88 bits per heavy atom. The summed E-state index contributed by atoms with van der Waals surface area (Å²) in [5, 5.41) is 4.98. The Hall–Kier alpha value is -2.78. The van der Waals surface area contributed by atoms with Crippen molar-refractivity contribution >= 4 is 27.4 Å². The van der Waals surface area contributed by atoms with Crippen LogP contribution in [0, 0.1) is 6.92 Å². The molecule has 7 nitrogen and oxygen atoms in total. The predicted octanol–water partition coefficient (Wildman–Crippen LogP) is 2.70. The maximum Gasteiger partial charge on any atom is 0.329 e. The lowest BCUT2D eigenvalue weighted by Crippen LogP contribution is -2.39. The highest BCUT2D eigenvalue weighted by atomic mass is 32.2. The molecule has 3 aromatic rings. The molecule has 0 bridgehead atoms. The molecule has 2 N–H and O–H groups in total. The summed E-state index contributed by atoms with van der Waals surface area (Å²) in [6.45, 7) is 1.97. The van der Waals surface area contributed by atoms with E-state index in [1.165, 1.54) is 23.5 Å². The fraction of sp³-hybridized carbons (Fsp3) is 0.118. The standard InChI is InChI=1S/C17H16N4O3S2/c1-12-5-7-13(8-6-12)26(23,24)21-17(22)19-10-16-20-15(11-25-16)14-4-2-3-9-18-14/h2-9,11H,10H2,1H3,(H2,19,21,22). The predicted molar refractivity (Wildman–Crippen MR) is 99.1 cm³/mol. The van der Waals surface area contributed by atoms with Crippen molar-refractivity contribution in [2.45, 2.75) is 18.4 Å². The van der Waals surface area contributed by atoms with Gasteiger partial charge in [0, 0.05) is 11.6 Å². The molecule has 9 heteroatoms. The lowest BCUT2D eigenvalue weighted by atomic mass is 10.2. The Kier molecular flexibility index (Phi) is 5.29. The number of benzene rings is 1. The van der Waals surface area contributed by atoms with Gasteiger partial charge in [-0.15, -0.1) is 11.3 Å². The van der Waals surface area contributed by atoms with Crippen molar-refractivity contribution in [1.82, 2.24) is 20.0 Å². The van der Waals surface area contributed by atoms with Crippen LogP contribution in [0.5, 0.6) is 0 Å². The second-order valence-electron chi connectivity index (χ2n) is 5.44. The van der Waals surface area contributed by atoms with Gasteiger partial charge in [-0.2, -0.15) is 0 Å². The number of sulfonamides is 1. The highest BCUT2D eigenvalue weighted by Crippen LogP contribution is 2.19. The van der Waals surface area contributed by atoms with Crippen LogP contribution in [0.2, 0.25) is 0 Å². The summed E-state index contributed by atoms with van der Waals surface area (Å²) in [5.41, 5.74) is 2.38. The van der Waals surface area contributed by atoms with Gasteiger partial charge in [0.1, 0.15) is 5.01 Å². The molecule has 0 radical (unpaired) electrons. The first kappa shape index (κ1) is 18.0. The number of carbonyl (C=O) groups is 1. The Morgan fingerprint density at radius 3 is 2.58 bits per heavy atom. The number of hydrogen-bond acceptors (Lipinski definition) is 6. The van der Waals surface area contributed by atoms with Gasteiger partial charge < -0.3 is 5.32 Å². The molecule has 0 unspecified atom stereocenters. The van der Waals surface area contributed by atoms with Crippen LogP contribution in [-0.4, -0.2) is 24.4 Å². The molecule has 0 atom stereocenters. The van der Waals surface area contributed by atoms with Gasteiger partial charge in [-0.3, -0.25) is 4.98 Å². The van der Waals surface area contributed by atoms with Gasteiger partial charge in [-0.25, -0.2) is 22.9 Å². The van der Waals surface area contributed by atoms with Crippen molar-refractivity contribution in [1.29, 1.82) is 0 Å². The number of thiazole rings is 1. The second kappa shape index (κ2) is 7.63. The largest absolute Gasteiger partial charge is 0.331 e. The van der Waals surface area contributed by atoms with Gasteiger partial charge in [0.2, 0.25) is 0 Å². The molecule has 2 heterocycles. The van der Waals surface area contributed by atoms with Crippen LogP contribution in [-0.2, 0) is 16.6 Å². The van der Waals surface area contributed by atoms with E-state index in [9.17, 15) is 13.2 Å². The second-order valence-corrected chi connectivity index (χ2v) is 8.07. The van der Waals surface area contributed by atoms with Crippen LogP contribution < -0.4 is 10.0 Å². The summed E-state index contributed by atoms with van der Waals surface area (Å²) >= 11 is 1.36. The van der Waals surface area contributed by atoms with E-state index < -0.39 is 16.1 Å². The van der Waals surface area contributed by atoms with Crippen LogP contribution in [0.4, 0.5) is 4.79 Å². The normalized spacial score (nSPS) is 11.1. The fourth-order valence-corrected chi connectivity index (χ4v) is 3.77. The fourth-order valence-electron chi connectivity index (χ4n) is 2.11. The Morgan fingerprint density at radius 1 is 1.12 bits per heavy atom. The van der Waals surface area contributed by atoms with E-state index in [1.54, 1.807) is 18.3 Å². The van der Waals surface area contributed by atoms with Gasteiger partial charge >= 0.3 is 6.03 Å². The van der Waals surface area contributed by atoms with E-state index in [0.29, 0.717) is 10.7 Å². The number of carbonyl (C=O) groups excluding carboxylic acids is 1. The van der Waals surface area contributed by atoms with Crippen LogP contribution in [0.3, 0.4) is 0 Å². The van der Waals surface area contributed by atoms with Crippen molar-refractivity contribution < 1.29 is 13.2 Å². The summed E-state index contributed by atoms with van der Waals surface area (Å²) in [6.07, 6.45) is 1.68. The minimum Gasteiger partial charge on any atom is -0.331 e. The van der Waals surface area contributed by atoms with E-state index in [4.69, 9.17) is 0 Å². The van der Waals surface area contributed by atoms with E-state index in [0.717, 1.165) is 11.3 Å². The lowest BCUT2D eigenvalue weighted by molar-refractivity contribution is 0.245. The topological polar surface area (TPSA) is 101 Å². The molecule has 134 valence electrons. The first-order valence-corrected chi connectivity index (χ1v) is 10.0. The van der Waals surface area contributed by atoms with Gasteiger partial charge in [0.05, 0.1) is 22.8 Å². The molecule has 0 aliphatic rings. The number of pyridine rings is 1. The summed E-state index contributed by atoms with van der Waals surface area (Å²) in [5.74, 6) is 0. The molecular formula is C17H16N4O3S2. The first-order valence-electron chi connectivity index (χ1n) is 7.67. The van der Waals surface area contributed by atoms with Gasteiger partial charge in [-0.05, 0) is 31.2 Å². The highest BCUT2D eigenvalue weighted by molar-refractivity contribution is 7.90. The average molecular weight is 388 g/mol. The summed E-state index contributed by atoms with van der Waals surface area (Å²) in [7, 11) is -3.91. The molecule has 0 saturated heterocycles. The molecule has 26 heavy (non-hydrogen) atoms. The number of aromatic nitrogens is 2. The molecule has 2 aromatic heterocycles. The van der Waals surface area contributed by atoms with Crippen LogP contribution in [0.15, 0.2) is 58.9 Å². The number of nitrogens with zero attached hydrogens (tertiary/aromatic N) is 2. The molecule has 0 aliphatic carbocycles. The third-order valence-electron chi connectivity index (χ3n) is 3.44. The van der Waals surface area contributed by atoms with Gasteiger partial charge in [0.15, 0.2) is 0 Å². The van der Waals surface area contributed by atoms with Gasteiger partial charge in [-0.1, -0.05) is 23.8 Å². The van der Waals surface area contributed by atoms with Crippen LogP contribution >= 0.6 is 11.3 Å². The highest BCUT2D eigenvalue weighted by Gasteiger charge is 2.17. The molecule has 0 spiro atoms. The van der Waals surface area contributed by atoms with E-state index in [1.807, 2.05) is 35.2 Å². The number of amides is 2. The maximum absolute atomic E-state index is 12.2. The lowest BCUT2D eigenvalue weighted by Gasteiger charge is -2.08. The zero-order valence-electron chi connectivity index (χ0n) is 13.8. The van der Waals surface area contributed by atoms with Crippen LogP contribution in [0.25, 0.3) is 11.4 Å². The smallest absolute Gasteiger partial charge is 0.329 e. The van der Waals surface area contributed by atoms with Crippen molar-refractivity contribution in [2.24, 2.45) is 0 Å². The first-order chi connectivity index (χ1) is 12.4. The van der Waals surface area contributed by atoms with Crippen molar-refractivity contribution in [3.05, 3.63) is 64.6 Å². The molecule has 3 rings (SSSR count). The third-order valence-corrected chi connectivity index (χ3v) is 5.63. The third kappa shape index (κ3) is 4.44. The van der Waals surface area contributed by atoms with E-state index in [2.05, 4.69) is 15.3 Å². The average Bonchev–Trinajstić information content (AvgIpc) is 3.10. The molecule has 2 amide bonds. The Bertz CT molecular complexity index is 1000. The number of hydrogen-bond donors (Lipinski definition) is 2. The summed E-state index contributed by atoms with van der Waals surface area (Å²) in [6, 6.07) is 10.9. The monoisotopic (exact) mass is 388 g/mol. The molecule has 0 saturated carbocycles.